The molecule has 0 aliphatic heterocycles. The average molecular weight is 426 g/mol. The summed E-state index contributed by atoms with van der Waals surface area (Å²) < 4.78 is 0. The van der Waals surface area contributed by atoms with Crippen LogP contribution in [0.3, 0.4) is 0 Å². The molecule has 0 radical (unpaired) electrons. The van der Waals surface area contributed by atoms with Crippen molar-refractivity contribution >= 4 is 51.5 Å². The molecule has 1 amide bonds. The van der Waals surface area contributed by atoms with Crippen molar-refractivity contribution in [3.05, 3.63) is 81.8 Å². The van der Waals surface area contributed by atoms with Crippen molar-refractivity contribution in [3.8, 4) is 0 Å². The summed E-state index contributed by atoms with van der Waals surface area (Å²) in [5, 5.41) is 5.85. The molecule has 29 heavy (non-hydrogen) atoms. The van der Waals surface area contributed by atoms with Crippen LogP contribution in [-0.2, 0) is 4.79 Å². The quantitative estimate of drug-likeness (QED) is 0.363. The number of nitrogens with zero attached hydrogens (tertiary/aromatic N) is 2. The van der Waals surface area contributed by atoms with Gasteiger partial charge >= 0.3 is 0 Å². The Morgan fingerprint density at radius 2 is 1.86 bits per heavy atom. The number of amides is 1. The van der Waals surface area contributed by atoms with Crippen LogP contribution in [-0.4, -0.2) is 16.6 Å². The summed E-state index contributed by atoms with van der Waals surface area (Å²) in [5.41, 5.74) is 11.8. The smallest absolute Gasteiger partial charge is 0.235 e. The van der Waals surface area contributed by atoms with E-state index in [1.54, 1.807) is 0 Å². The Morgan fingerprint density at radius 3 is 2.55 bits per heavy atom. The second-order valence-electron chi connectivity index (χ2n) is 6.10. The molecule has 1 heterocycles. The lowest BCUT2D eigenvalue weighted by Gasteiger charge is -2.04. The first-order valence-electron chi connectivity index (χ1n) is 8.84. The molecule has 0 atom stereocenters. The maximum Gasteiger partial charge on any atom is 0.235 e. The van der Waals surface area contributed by atoms with E-state index in [2.05, 4.69) is 26.4 Å². The third-order valence-corrected chi connectivity index (χ3v) is 5.10. The van der Waals surface area contributed by atoms with Gasteiger partial charge in [-0.05, 0) is 42.8 Å². The van der Waals surface area contributed by atoms with Gasteiger partial charge in [-0.2, -0.15) is 5.10 Å². The zero-order chi connectivity index (χ0) is 20.6. The molecule has 0 bridgehead atoms. The number of carbonyl (C=O) groups is 1. The van der Waals surface area contributed by atoms with E-state index in [1.807, 2.05) is 73.7 Å². The van der Waals surface area contributed by atoms with Crippen molar-refractivity contribution in [1.82, 2.24) is 10.4 Å². The van der Waals surface area contributed by atoms with Crippen LogP contribution in [0.25, 0.3) is 6.08 Å². The van der Waals surface area contributed by atoms with Gasteiger partial charge in [-0.25, -0.2) is 4.98 Å². The molecule has 148 valence electrons. The number of anilines is 2. The highest BCUT2D eigenvalue weighted by Crippen LogP contribution is 2.24. The number of hydrogen-bond donors (Lipinski definition) is 3. The molecule has 8 heteroatoms. The molecular formula is C21H20ClN5OS. The largest absolute Gasteiger partial charge is 0.278 e. The van der Waals surface area contributed by atoms with E-state index in [9.17, 15) is 4.79 Å². The predicted molar refractivity (Wildman–Crippen MR) is 121 cm³/mol. The summed E-state index contributed by atoms with van der Waals surface area (Å²) in [7, 11) is 0. The van der Waals surface area contributed by atoms with E-state index in [4.69, 9.17) is 11.6 Å². The number of nitrogens with one attached hydrogen (secondary N) is 3. The molecule has 3 N–H and O–H groups in total. The third kappa shape index (κ3) is 6.17. The van der Waals surface area contributed by atoms with E-state index in [0.29, 0.717) is 10.2 Å². The standard InChI is InChI=1S/C21H20ClN5OS/c1-14-20(29-21(23-14)27-24-15(2)28)19(26-25-18-6-4-3-5-7-18)13-10-16-8-11-17(22)12-9-16/h3-13,25H,1-2H3,(H,23,27)(H,24,28)/b13-10?,26-19+. The van der Waals surface area contributed by atoms with Crippen molar-refractivity contribution in [3.63, 3.8) is 0 Å². The topological polar surface area (TPSA) is 78.4 Å². The van der Waals surface area contributed by atoms with Crippen LogP contribution in [0.4, 0.5) is 10.8 Å². The number of carbonyl (C=O) groups excluding carboxylic acids is 1. The summed E-state index contributed by atoms with van der Waals surface area (Å²) in [4.78, 5) is 16.5. The number of benzene rings is 2. The summed E-state index contributed by atoms with van der Waals surface area (Å²) in [5.74, 6) is -0.193. The molecule has 0 saturated heterocycles. The Bertz CT molecular complexity index is 1030. The van der Waals surface area contributed by atoms with Crippen LogP contribution in [0.1, 0.15) is 23.1 Å². The maximum absolute atomic E-state index is 11.1. The summed E-state index contributed by atoms with van der Waals surface area (Å²) in [6.45, 7) is 3.33. The zero-order valence-corrected chi connectivity index (χ0v) is 17.5. The number of para-hydroxylation sites is 1. The van der Waals surface area contributed by atoms with E-state index in [1.165, 1.54) is 18.3 Å². The minimum absolute atomic E-state index is 0.193. The molecule has 0 aliphatic carbocycles. The Hall–Kier alpha value is -3.16. The highest BCUT2D eigenvalue weighted by Gasteiger charge is 2.12. The van der Waals surface area contributed by atoms with E-state index in [0.717, 1.165) is 27.5 Å². The van der Waals surface area contributed by atoms with Crippen LogP contribution in [0.2, 0.25) is 5.02 Å². The average Bonchev–Trinajstić information content (AvgIpc) is 3.09. The molecule has 2 aromatic carbocycles. The van der Waals surface area contributed by atoms with Gasteiger partial charge in [0.1, 0.15) is 5.71 Å². The summed E-state index contributed by atoms with van der Waals surface area (Å²) in [6.07, 6.45) is 3.88. The third-order valence-electron chi connectivity index (χ3n) is 3.76. The number of hydrazine groups is 1. The monoisotopic (exact) mass is 425 g/mol. The van der Waals surface area contributed by atoms with Crippen molar-refractivity contribution in [1.29, 1.82) is 0 Å². The molecule has 0 unspecified atom stereocenters. The van der Waals surface area contributed by atoms with Gasteiger partial charge in [0.25, 0.3) is 0 Å². The zero-order valence-electron chi connectivity index (χ0n) is 15.9. The van der Waals surface area contributed by atoms with Gasteiger partial charge in [0.2, 0.25) is 11.0 Å². The van der Waals surface area contributed by atoms with Crippen molar-refractivity contribution in [2.45, 2.75) is 13.8 Å². The Balaban J connectivity index is 1.89. The molecule has 0 aliphatic rings. The van der Waals surface area contributed by atoms with Crippen LogP contribution in [0.5, 0.6) is 0 Å². The fourth-order valence-corrected chi connectivity index (χ4v) is 3.39. The SMILES string of the molecule is CC(=O)NNc1nc(C)c(/C(C=Cc2ccc(Cl)cc2)=N/Nc2ccccc2)s1. The highest BCUT2D eigenvalue weighted by atomic mass is 35.5. The molecule has 3 aromatic rings. The minimum Gasteiger partial charge on any atom is -0.278 e. The van der Waals surface area contributed by atoms with Crippen LogP contribution in [0.15, 0.2) is 65.8 Å². The predicted octanol–water partition coefficient (Wildman–Crippen LogP) is 5.10. The second-order valence-corrected chi connectivity index (χ2v) is 7.54. The first-order chi connectivity index (χ1) is 14.0. The van der Waals surface area contributed by atoms with Gasteiger partial charge in [0, 0.05) is 11.9 Å². The van der Waals surface area contributed by atoms with Gasteiger partial charge in [-0.15, -0.1) is 0 Å². The number of allylic oxidation sites excluding steroid dienone is 1. The first kappa shape index (κ1) is 20.6. The minimum atomic E-state index is -0.193. The molecule has 0 saturated carbocycles. The number of thiazole rings is 1. The number of rotatable bonds is 7. The normalized spacial score (nSPS) is 11.5. The van der Waals surface area contributed by atoms with Crippen molar-refractivity contribution in [2.24, 2.45) is 5.10 Å². The highest BCUT2D eigenvalue weighted by molar-refractivity contribution is 7.17. The van der Waals surface area contributed by atoms with E-state index >= 15 is 0 Å². The lowest BCUT2D eigenvalue weighted by molar-refractivity contribution is -0.118. The van der Waals surface area contributed by atoms with Crippen LogP contribution < -0.4 is 16.3 Å². The molecular weight excluding hydrogens is 406 g/mol. The van der Waals surface area contributed by atoms with Gasteiger partial charge in [-0.1, -0.05) is 59.3 Å². The number of aryl methyl sites for hydroxylation is 1. The lowest BCUT2D eigenvalue weighted by Crippen LogP contribution is -2.26. The Labute approximate surface area is 178 Å². The van der Waals surface area contributed by atoms with Crippen molar-refractivity contribution < 1.29 is 4.79 Å². The fraction of sp³-hybridized carbons (Fsp3) is 0.0952. The molecule has 1 aromatic heterocycles. The van der Waals surface area contributed by atoms with Gasteiger partial charge < -0.3 is 0 Å². The number of aromatic nitrogens is 1. The van der Waals surface area contributed by atoms with Gasteiger partial charge in [-0.3, -0.25) is 21.1 Å². The molecule has 0 spiro atoms. The van der Waals surface area contributed by atoms with Crippen LogP contribution in [0, 0.1) is 6.92 Å². The van der Waals surface area contributed by atoms with E-state index in [-0.39, 0.29) is 5.91 Å². The molecule has 6 nitrogen and oxygen atoms in total. The van der Waals surface area contributed by atoms with Crippen molar-refractivity contribution in [2.75, 3.05) is 10.9 Å². The van der Waals surface area contributed by atoms with Gasteiger partial charge in [0.15, 0.2) is 0 Å². The van der Waals surface area contributed by atoms with Gasteiger partial charge in [0.05, 0.1) is 16.3 Å². The number of hydrogen-bond acceptors (Lipinski definition) is 6. The second kappa shape index (κ2) is 9.86. The fourth-order valence-electron chi connectivity index (χ4n) is 2.38. The Morgan fingerprint density at radius 1 is 1.14 bits per heavy atom. The maximum atomic E-state index is 11.1. The number of halogens is 1. The summed E-state index contributed by atoms with van der Waals surface area (Å²) in [6, 6.07) is 17.3. The number of hydrazone groups is 1. The van der Waals surface area contributed by atoms with E-state index < -0.39 is 0 Å². The summed E-state index contributed by atoms with van der Waals surface area (Å²) >= 11 is 7.36. The molecule has 3 rings (SSSR count). The molecule has 0 fully saturated rings. The first-order valence-corrected chi connectivity index (χ1v) is 10.0. The Kier molecular flexibility index (Phi) is 6.99. The van der Waals surface area contributed by atoms with Crippen LogP contribution >= 0.6 is 22.9 Å². The lowest BCUT2D eigenvalue weighted by atomic mass is 10.1.